The van der Waals surface area contributed by atoms with Gasteiger partial charge in [0.1, 0.15) is 5.82 Å². The Morgan fingerprint density at radius 2 is 1.82 bits per heavy atom. The van der Waals surface area contributed by atoms with Gasteiger partial charge in [0.05, 0.1) is 11.9 Å². The predicted octanol–water partition coefficient (Wildman–Crippen LogP) is 3.67. The van der Waals surface area contributed by atoms with Gasteiger partial charge in [0.2, 0.25) is 0 Å². The van der Waals surface area contributed by atoms with Crippen LogP contribution in [0.15, 0.2) is 43.1 Å². The maximum Gasteiger partial charge on any atom is 0.490 e. The first kappa shape index (κ1) is 11.4. The van der Waals surface area contributed by atoms with Crippen LogP contribution >= 0.6 is 0 Å². The van der Waals surface area contributed by atoms with Crippen LogP contribution in [-0.4, -0.2) is 9.55 Å². The fourth-order valence-corrected chi connectivity index (χ4v) is 1.59. The highest BCUT2D eigenvalue weighted by Gasteiger charge is 2.35. The van der Waals surface area contributed by atoms with Gasteiger partial charge < -0.3 is 0 Å². The van der Waals surface area contributed by atoms with Crippen LogP contribution in [0.25, 0.3) is 17.3 Å². The van der Waals surface area contributed by atoms with E-state index < -0.39 is 6.30 Å². The van der Waals surface area contributed by atoms with Crippen molar-refractivity contribution >= 4 is 6.08 Å². The van der Waals surface area contributed by atoms with Gasteiger partial charge in [0.25, 0.3) is 0 Å². The molecule has 88 valence electrons. The van der Waals surface area contributed by atoms with Crippen LogP contribution in [0, 0.1) is 0 Å². The van der Waals surface area contributed by atoms with Crippen molar-refractivity contribution in [3.8, 4) is 11.3 Å². The summed E-state index contributed by atoms with van der Waals surface area (Å²) in [5, 5.41) is 0. The summed E-state index contributed by atoms with van der Waals surface area (Å²) < 4.78 is 38.9. The zero-order valence-corrected chi connectivity index (χ0v) is 8.78. The molecule has 0 aliphatic carbocycles. The number of halogens is 3. The highest BCUT2D eigenvalue weighted by molar-refractivity contribution is 5.61. The Balaban J connectivity index is 2.64. The van der Waals surface area contributed by atoms with Crippen LogP contribution in [0.2, 0.25) is 0 Å². The van der Waals surface area contributed by atoms with E-state index in [1.165, 1.54) is 6.20 Å². The third-order valence-electron chi connectivity index (χ3n) is 2.29. The largest absolute Gasteiger partial charge is 0.490 e. The fraction of sp³-hybridized carbons (Fsp3) is 0.0833. The Bertz CT molecular complexity index is 526. The Morgan fingerprint density at radius 1 is 1.18 bits per heavy atom. The molecule has 0 aliphatic rings. The first-order valence-corrected chi connectivity index (χ1v) is 4.87. The van der Waals surface area contributed by atoms with E-state index in [1.807, 2.05) is 0 Å². The minimum absolute atomic E-state index is 0.00741. The lowest BCUT2D eigenvalue weighted by Gasteiger charge is -2.13. The van der Waals surface area contributed by atoms with Crippen molar-refractivity contribution in [1.82, 2.24) is 9.55 Å². The molecule has 0 aliphatic heterocycles. The van der Waals surface area contributed by atoms with Gasteiger partial charge in [-0.1, -0.05) is 36.9 Å². The zero-order chi connectivity index (χ0) is 12.5. The number of hydrogen-bond donors (Lipinski definition) is 0. The Morgan fingerprint density at radius 3 is 2.35 bits per heavy atom. The summed E-state index contributed by atoms with van der Waals surface area (Å²) in [6.45, 7) is 3.33. The van der Waals surface area contributed by atoms with Crippen LogP contribution in [-0.2, 0) is 6.30 Å². The molecule has 0 atom stereocenters. The van der Waals surface area contributed by atoms with Crippen molar-refractivity contribution in [3.05, 3.63) is 48.9 Å². The molecule has 17 heavy (non-hydrogen) atoms. The number of alkyl halides is 3. The molecule has 0 unspecified atom stereocenters. The molecule has 2 rings (SSSR count). The average Bonchev–Trinajstić information content (AvgIpc) is 2.73. The van der Waals surface area contributed by atoms with E-state index in [1.54, 1.807) is 30.3 Å². The van der Waals surface area contributed by atoms with Crippen LogP contribution in [0.3, 0.4) is 0 Å². The van der Waals surface area contributed by atoms with Crippen molar-refractivity contribution in [1.29, 1.82) is 0 Å². The van der Waals surface area contributed by atoms with E-state index in [9.17, 15) is 13.2 Å². The van der Waals surface area contributed by atoms with Crippen molar-refractivity contribution in [2.75, 3.05) is 0 Å². The Hall–Kier alpha value is -2.04. The summed E-state index contributed by atoms with van der Waals surface area (Å²) in [6, 6.07) is 8.30. The van der Waals surface area contributed by atoms with Gasteiger partial charge in [-0.15, -0.1) is 13.2 Å². The molecule has 0 fully saturated rings. The molecule has 0 radical (unpaired) electrons. The molecule has 2 aromatic rings. The van der Waals surface area contributed by atoms with Crippen molar-refractivity contribution < 1.29 is 13.2 Å². The van der Waals surface area contributed by atoms with Gasteiger partial charge in [-0.25, -0.2) is 9.55 Å². The summed E-state index contributed by atoms with van der Waals surface area (Å²) in [5.41, 5.74) is 0.471. The molecule has 0 bridgehead atoms. The monoisotopic (exact) mass is 238 g/mol. The molecule has 1 heterocycles. The number of imidazole rings is 1. The topological polar surface area (TPSA) is 17.8 Å². The molecule has 0 saturated heterocycles. The molecule has 1 aromatic heterocycles. The van der Waals surface area contributed by atoms with E-state index in [2.05, 4.69) is 11.6 Å². The van der Waals surface area contributed by atoms with Gasteiger partial charge in [-0.3, -0.25) is 0 Å². The van der Waals surface area contributed by atoms with Crippen molar-refractivity contribution in [2.24, 2.45) is 0 Å². The highest BCUT2D eigenvalue weighted by Crippen LogP contribution is 2.31. The predicted molar refractivity (Wildman–Crippen MR) is 59.1 cm³/mol. The number of rotatable bonds is 2. The second-order valence-corrected chi connectivity index (χ2v) is 3.38. The van der Waals surface area contributed by atoms with E-state index in [4.69, 9.17) is 0 Å². The van der Waals surface area contributed by atoms with Crippen molar-refractivity contribution in [2.45, 2.75) is 6.30 Å². The van der Waals surface area contributed by atoms with Crippen molar-refractivity contribution in [3.63, 3.8) is 0 Å². The molecule has 2 nitrogen and oxygen atoms in total. The number of aromatic nitrogens is 2. The second kappa shape index (κ2) is 4.08. The zero-order valence-electron chi connectivity index (χ0n) is 8.78. The third kappa shape index (κ3) is 2.08. The summed E-state index contributed by atoms with van der Waals surface area (Å²) in [4.78, 5) is 3.70. The minimum atomic E-state index is -4.51. The van der Waals surface area contributed by atoms with Crippen LogP contribution < -0.4 is 0 Å². The first-order valence-electron chi connectivity index (χ1n) is 4.87. The van der Waals surface area contributed by atoms with E-state index in [-0.39, 0.29) is 16.1 Å². The minimum Gasteiger partial charge on any atom is -0.237 e. The maximum atomic E-state index is 12.9. The summed E-state index contributed by atoms with van der Waals surface area (Å²) >= 11 is 0. The van der Waals surface area contributed by atoms with Gasteiger partial charge in [-0.2, -0.15) is 0 Å². The molecule has 0 saturated carbocycles. The summed E-state index contributed by atoms with van der Waals surface area (Å²) in [6.07, 6.45) is -2.23. The molecular weight excluding hydrogens is 229 g/mol. The van der Waals surface area contributed by atoms with Crippen LogP contribution in [0.5, 0.6) is 0 Å². The number of nitrogens with zero attached hydrogens (tertiary/aromatic N) is 2. The van der Waals surface area contributed by atoms with Gasteiger partial charge in [0, 0.05) is 5.56 Å². The van der Waals surface area contributed by atoms with Gasteiger partial charge >= 0.3 is 6.30 Å². The molecule has 1 aromatic carbocycles. The smallest absolute Gasteiger partial charge is 0.237 e. The van der Waals surface area contributed by atoms with E-state index in [0.717, 1.165) is 6.08 Å². The molecule has 0 N–H and O–H groups in total. The average molecular weight is 238 g/mol. The summed E-state index contributed by atoms with van der Waals surface area (Å²) in [7, 11) is 0. The van der Waals surface area contributed by atoms with Crippen LogP contribution in [0.4, 0.5) is 13.2 Å². The quantitative estimate of drug-likeness (QED) is 0.780. The number of hydrogen-bond acceptors (Lipinski definition) is 1. The lowest BCUT2D eigenvalue weighted by molar-refractivity contribution is -0.203. The second-order valence-electron chi connectivity index (χ2n) is 3.38. The normalized spacial score (nSPS) is 11.5. The molecular formula is C12H9F3N2. The molecule has 0 amide bonds. The third-order valence-corrected chi connectivity index (χ3v) is 2.29. The number of benzene rings is 1. The highest BCUT2D eigenvalue weighted by atomic mass is 19.4. The first-order chi connectivity index (χ1) is 8.04. The Kier molecular flexibility index (Phi) is 2.75. The molecule has 5 heteroatoms. The molecule has 0 spiro atoms. The fourth-order valence-electron chi connectivity index (χ4n) is 1.59. The lowest BCUT2D eigenvalue weighted by Crippen LogP contribution is -2.19. The van der Waals surface area contributed by atoms with Crippen LogP contribution in [0.1, 0.15) is 5.82 Å². The standard InChI is InChI=1S/C12H9F3N2/c1-2-11-16-8-10(17(11)12(13,14)15)9-6-4-3-5-7-9/h2-8H,1H2. The Labute approximate surface area is 96.0 Å². The van der Waals surface area contributed by atoms with Gasteiger partial charge in [-0.05, 0) is 6.08 Å². The lowest BCUT2D eigenvalue weighted by atomic mass is 10.2. The van der Waals surface area contributed by atoms with E-state index >= 15 is 0 Å². The van der Waals surface area contributed by atoms with E-state index in [0.29, 0.717) is 5.56 Å². The SMILES string of the molecule is C=Cc1ncc(-c2ccccc2)n1C(F)(F)F. The summed E-state index contributed by atoms with van der Waals surface area (Å²) in [5.74, 6) is -0.212. The van der Waals surface area contributed by atoms with Gasteiger partial charge in [0.15, 0.2) is 0 Å². The maximum absolute atomic E-state index is 12.9.